The van der Waals surface area contributed by atoms with Crippen LogP contribution >= 0.6 is 0 Å². The topological polar surface area (TPSA) is 46.1 Å². The maximum absolute atomic E-state index is 11.9. The second-order valence-corrected chi connectivity index (χ2v) is 4.42. The molecule has 4 heteroatoms. The summed E-state index contributed by atoms with van der Waals surface area (Å²) >= 11 is 0. The van der Waals surface area contributed by atoms with Gasteiger partial charge in [0.25, 0.3) is 0 Å². The molecule has 1 aromatic heterocycles. The van der Waals surface area contributed by atoms with E-state index in [4.69, 9.17) is 0 Å². The van der Waals surface area contributed by atoms with E-state index in [2.05, 4.69) is 10.6 Å². The number of carbonyl (C=O) groups is 1. The van der Waals surface area contributed by atoms with Crippen LogP contribution in [0.15, 0.2) is 48.7 Å². The van der Waals surface area contributed by atoms with E-state index >= 15 is 0 Å². The molecule has 19 heavy (non-hydrogen) atoms. The quantitative estimate of drug-likeness (QED) is 0.824. The van der Waals surface area contributed by atoms with Gasteiger partial charge in [-0.15, -0.1) is 0 Å². The Hall–Kier alpha value is -2.07. The zero-order valence-electron chi connectivity index (χ0n) is 11.1. The lowest BCUT2D eigenvalue weighted by Gasteiger charge is -2.09. The highest BCUT2D eigenvalue weighted by Crippen LogP contribution is 2.02. The van der Waals surface area contributed by atoms with Gasteiger partial charge in [0, 0.05) is 25.0 Å². The highest BCUT2D eigenvalue weighted by molar-refractivity contribution is 5.75. The summed E-state index contributed by atoms with van der Waals surface area (Å²) in [7, 11) is 1.90. The fourth-order valence-corrected chi connectivity index (χ4v) is 1.95. The Morgan fingerprint density at radius 3 is 2.63 bits per heavy atom. The summed E-state index contributed by atoms with van der Waals surface area (Å²) < 4.78 is 1.96. The fourth-order valence-electron chi connectivity index (χ4n) is 1.95. The number of amides is 1. The molecule has 100 valence electrons. The van der Waals surface area contributed by atoms with Crippen LogP contribution in [0.2, 0.25) is 0 Å². The minimum Gasteiger partial charge on any atom is -0.350 e. The van der Waals surface area contributed by atoms with Crippen molar-refractivity contribution in [2.45, 2.75) is 19.6 Å². The summed E-state index contributed by atoms with van der Waals surface area (Å²) in [5.74, 6) is 0.0254. The third-order valence-electron chi connectivity index (χ3n) is 2.93. The monoisotopic (exact) mass is 257 g/mol. The van der Waals surface area contributed by atoms with Gasteiger partial charge in [0.2, 0.25) is 5.91 Å². The van der Waals surface area contributed by atoms with Gasteiger partial charge >= 0.3 is 0 Å². The molecule has 0 bridgehead atoms. The first-order valence-corrected chi connectivity index (χ1v) is 6.39. The largest absolute Gasteiger partial charge is 0.350 e. The first-order valence-electron chi connectivity index (χ1n) is 6.39. The van der Waals surface area contributed by atoms with Crippen molar-refractivity contribution in [1.29, 1.82) is 0 Å². The lowest BCUT2D eigenvalue weighted by atomic mass is 10.2. The van der Waals surface area contributed by atoms with Gasteiger partial charge in [0.05, 0.1) is 0 Å². The zero-order valence-corrected chi connectivity index (χ0v) is 11.1. The van der Waals surface area contributed by atoms with Crippen LogP contribution in [0.4, 0.5) is 0 Å². The number of hydrogen-bond donors (Lipinski definition) is 2. The number of aromatic nitrogens is 1. The van der Waals surface area contributed by atoms with Crippen molar-refractivity contribution in [2.75, 3.05) is 7.05 Å². The molecule has 0 radical (unpaired) electrons. The van der Waals surface area contributed by atoms with Crippen LogP contribution in [-0.2, 0) is 24.4 Å². The molecule has 1 amide bonds. The summed E-state index contributed by atoms with van der Waals surface area (Å²) in [6, 6.07) is 13.9. The highest BCUT2D eigenvalue weighted by Gasteiger charge is 2.05. The van der Waals surface area contributed by atoms with Crippen LogP contribution in [0.1, 0.15) is 11.3 Å². The zero-order chi connectivity index (χ0) is 13.5. The molecule has 0 unspecified atom stereocenters. The van der Waals surface area contributed by atoms with E-state index in [0.29, 0.717) is 13.1 Å². The lowest BCUT2D eigenvalue weighted by molar-refractivity contribution is -0.121. The van der Waals surface area contributed by atoms with Crippen LogP contribution < -0.4 is 10.6 Å². The van der Waals surface area contributed by atoms with Crippen molar-refractivity contribution in [3.05, 3.63) is 59.9 Å². The van der Waals surface area contributed by atoms with Crippen LogP contribution in [-0.4, -0.2) is 17.5 Å². The van der Waals surface area contributed by atoms with E-state index in [-0.39, 0.29) is 5.91 Å². The molecule has 0 saturated carbocycles. The highest BCUT2D eigenvalue weighted by atomic mass is 16.1. The molecule has 1 heterocycles. The molecular formula is C15H19N3O. The minimum absolute atomic E-state index is 0.0254. The molecule has 0 atom stereocenters. The summed E-state index contributed by atoms with van der Waals surface area (Å²) in [6.45, 7) is 1.69. The number of nitrogens with zero attached hydrogens (tertiary/aromatic N) is 1. The third-order valence-corrected chi connectivity index (χ3v) is 2.93. The molecular weight excluding hydrogens is 238 g/mol. The molecule has 0 saturated heterocycles. The minimum atomic E-state index is 0.0254. The van der Waals surface area contributed by atoms with Gasteiger partial charge < -0.3 is 15.2 Å². The van der Waals surface area contributed by atoms with Crippen LogP contribution in [0.3, 0.4) is 0 Å². The second-order valence-electron chi connectivity index (χ2n) is 4.42. The number of benzene rings is 1. The predicted molar refractivity (Wildman–Crippen MR) is 75.5 cm³/mol. The van der Waals surface area contributed by atoms with Crippen molar-refractivity contribution in [2.24, 2.45) is 0 Å². The average Bonchev–Trinajstić information content (AvgIpc) is 2.85. The number of nitrogens with one attached hydrogen (secondary N) is 2. The van der Waals surface area contributed by atoms with E-state index in [1.807, 2.05) is 60.3 Å². The van der Waals surface area contributed by atoms with E-state index in [1.54, 1.807) is 0 Å². The number of rotatable bonds is 6. The van der Waals surface area contributed by atoms with Crippen molar-refractivity contribution in [3.63, 3.8) is 0 Å². The third kappa shape index (κ3) is 3.96. The van der Waals surface area contributed by atoms with Gasteiger partial charge in [-0.25, -0.2) is 0 Å². The normalized spacial score (nSPS) is 10.4. The average molecular weight is 257 g/mol. The Morgan fingerprint density at radius 2 is 1.89 bits per heavy atom. The molecule has 0 fully saturated rings. The Bertz CT molecular complexity index is 519. The Morgan fingerprint density at radius 1 is 1.11 bits per heavy atom. The van der Waals surface area contributed by atoms with E-state index in [9.17, 15) is 4.79 Å². The molecule has 0 spiro atoms. The molecule has 2 rings (SSSR count). The van der Waals surface area contributed by atoms with E-state index in [1.165, 1.54) is 0 Å². The van der Waals surface area contributed by atoms with Gasteiger partial charge in [0.1, 0.15) is 6.54 Å². The predicted octanol–water partition coefficient (Wildman–Crippen LogP) is 1.52. The van der Waals surface area contributed by atoms with Gasteiger partial charge in [0.15, 0.2) is 0 Å². The van der Waals surface area contributed by atoms with Gasteiger partial charge in [-0.1, -0.05) is 30.3 Å². The maximum atomic E-state index is 11.9. The first kappa shape index (κ1) is 13.4. The standard InChI is InChI=1S/C15H19N3O/c1-16-11-14-8-5-9-18(14)12-15(19)17-10-13-6-3-2-4-7-13/h2-9,16H,10-12H2,1H3,(H,17,19). The Kier molecular flexibility index (Phi) is 4.75. The van der Waals surface area contributed by atoms with Crippen LogP contribution in [0, 0.1) is 0 Å². The van der Waals surface area contributed by atoms with Crippen molar-refractivity contribution >= 4 is 5.91 Å². The number of hydrogen-bond acceptors (Lipinski definition) is 2. The molecule has 2 aromatic rings. The van der Waals surface area contributed by atoms with Crippen LogP contribution in [0.25, 0.3) is 0 Å². The molecule has 1 aromatic carbocycles. The molecule has 0 aliphatic heterocycles. The van der Waals surface area contributed by atoms with Crippen LogP contribution in [0.5, 0.6) is 0 Å². The first-order chi connectivity index (χ1) is 9.29. The summed E-state index contributed by atoms with van der Waals surface area (Å²) in [5, 5.41) is 6.02. The van der Waals surface area contributed by atoms with E-state index < -0.39 is 0 Å². The maximum Gasteiger partial charge on any atom is 0.240 e. The second kappa shape index (κ2) is 6.75. The van der Waals surface area contributed by atoms with Gasteiger partial charge in [-0.2, -0.15) is 0 Å². The molecule has 2 N–H and O–H groups in total. The SMILES string of the molecule is CNCc1cccn1CC(=O)NCc1ccccc1. The summed E-state index contributed by atoms with van der Waals surface area (Å²) in [5.41, 5.74) is 2.22. The Labute approximate surface area is 113 Å². The smallest absolute Gasteiger partial charge is 0.240 e. The van der Waals surface area contributed by atoms with Gasteiger partial charge in [-0.05, 0) is 24.7 Å². The fraction of sp³-hybridized carbons (Fsp3) is 0.267. The Balaban J connectivity index is 1.85. The summed E-state index contributed by atoms with van der Waals surface area (Å²) in [6.07, 6.45) is 1.93. The van der Waals surface area contributed by atoms with Gasteiger partial charge in [-0.3, -0.25) is 4.79 Å². The van der Waals surface area contributed by atoms with Crippen molar-refractivity contribution < 1.29 is 4.79 Å². The van der Waals surface area contributed by atoms with Crippen molar-refractivity contribution in [3.8, 4) is 0 Å². The van der Waals surface area contributed by atoms with E-state index in [0.717, 1.165) is 17.8 Å². The molecule has 0 aliphatic carbocycles. The molecule has 4 nitrogen and oxygen atoms in total. The van der Waals surface area contributed by atoms with Crippen molar-refractivity contribution in [1.82, 2.24) is 15.2 Å². The number of carbonyl (C=O) groups excluding carboxylic acids is 1. The summed E-state index contributed by atoms with van der Waals surface area (Å²) in [4.78, 5) is 11.9. The lowest BCUT2D eigenvalue weighted by Crippen LogP contribution is -2.27. The molecule has 0 aliphatic rings.